The van der Waals surface area contributed by atoms with Crippen molar-refractivity contribution < 1.29 is 9.53 Å². The number of carbonyl (C=O) groups is 1. The lowest BCUT2D eigenvalue weighted by Crippen LogP contribution is -2.45. The summed E-state index contributed by atoms with van der Waals surface area (Å²) in [4.78, 5) is 18.0. The van der Waals surface area contributed by atoms with E-state index in [0.717, 1.165) is 13.1 Å². The summed E-state index contributed by atoms with van der Waals surface area (Å²) in [7, 11) is 0. The third-order valence-electron chi connectivity index (χ3n) is 3.04. The van der Waals surface area contributed by atoms with Gasteiger partial charge in [0.15, 0.2) is 5.96 Å². The van der Waals surface area contributed by atoms with Gasteiger partial charge in [0.1, 0.15) is 0 Å². The van der Waals surface area contributed by atoms with E-state index in [2.05, 4.69) is 10.3 Å². The van der Waals surface area contributed by atoms with E-state index in [1.807, 2.05) is 23.1 Å². The monoisotopic (exact) mass is 276 g/mol. The van der Waals surface area contributed by atoms with Crippen LogP contribution in [-0.2, 0) is 4.74 Å². The molecule has 1 aromatic rings. The number of morpholine rings is 1. The molecule has 0 unspecified atom stereocenters. The number of nitrogens with two attached hydrogens (primary N) is 1. The molecule has 1 heterocycles. The highest BCUT2D eigenvalue weighted by Crippen LogP contribution is 1.98. The summed E-state index contributed by atoms with van der Waals surface area (Å²) in [5.74, 6) is 0.424. The van der Waals surface area contributed by atoms with Crippen molar-refractivity contribution in [1.82, 2.24) is 10.2 Å². The van der Waals surface area contributed by atoms with Crippen LogP contribution in [0.1, 0.15) is 10.4 Å². The van der Waals surface area contributed by atoms with Crippen molar-refractivity contribution in [3.63, 3.8) is 0 Å². The highest BCUT2D eigenvalue weighted by atomic mass is 16.5. The van der Waals surface area contributed by atoms with Crippen LogP contribution < -0.4 is 11.1 Å². The Hall–Kier alpha value is -2.08. The molecule has 20 heavy (non-hydrogen) atoms. The summed E-state index contributed by atoms with van der Waals surface area (Å²) in [5, 5.41) is 2.81. The number of amides is 1. The summed E-state index contributed by atoms with van der Waals surface area (Å²) >= 11 is 0. The van der Waals surface area contributed by atoms with Crippen LogP contribution in [0.2, 0.25) is 0 Å². The molecule has 0 spiro atoms. The molecule has 0 atom stereocenters. The number of benzene rings is 1. The Morgan fingerprint density at radius 2 is 2.00 bits per heavy atom. The number of hydrogen-bond donors (Lipinski definition) is 2. The average molecular weight is 276 g/mol. The number of hydrogen-bond acceptors (Lipinski definition) is 3. The zero-order chi connectivity index (χ0) is 14.2. The van der Waals surface area contributed by atoms with Crippen LogP contribution in [0.15, 0.2) is 35.3 Å². The van der Waals surface area contributed by atoms with Gasteiger partial charge in [0.05, 0.1) is 19.8 Å². The predicted octanol–water partition coefficient (Wildman–Crippen LogP) is 0.0633. The maximum atomic E-state index is 11.8. The van der Waals surface area contributed by atoms with Gasteiger partial charge in [-0.25, -0.2) is 0 Å². The second-order valence-electron chi connectivity index (χ2n) is 4.46. The van der Waals surface area contributed by atoms with Crippen molar-refractivity contribution in [2.75, 3.05) is 39.4 Å². The normalized spacial score (nSPS) is 16.0. The molecule has 0 bridgehead atoms. The van der Waals surface area contributed by atoms with Crippen LogP contribution in [0.5, 0.6) is 0 Å². The zero-order valence-corrected chi connectivity index (χ0v) is 11.4. The fourth-order valence-electron chi connectivity index (χ4n) is 1.92. The molecule has 1 amide bonds. The van der Waals surface area contributed by atoms with E-state index in [4.69, 9.17) is 10.5 Å². The van der Waals surface area contributed by atoms with E-state index < -0.39 is 0 Å². The standard InChI is InChI=1S/C14H20N4O2/c15-14(18-8-10-20-11-9-18)17-7-6-16-13(19)12-4-2-1-3-5-12/h1-5H,6-11H2,(H2,15,17)(H,16,19). The lowest BCUT2D eigenvalue weighted by Gasteiger charge is -2.27. The van der Waals surface area contributed by atoms with Crippen molar-refractivity contribution in [2.45, 2.75) is 0 Å². The Kier molecular flexibility index (Phi) is 5.37. The third kappa shape index (κ3) is 4.24. The molecule has 0 saturated carbocycles. The number of guanidine groups is 1. The molecule has 0 aromatic heterocycles. The first-order valence-electron chi connectivity index (χ1n) is 6.73. The minimum atomic E-state index is -0.0919. The quantitative estimate of drug-likeness (QED) is 0.463. The summed E-state index contributed by atoms with van der Waals surface area (Å²) in [6.45, 7) is 3.85. The SMILES string of the molecule is NC(=NCCNC(=O)c1ccccc1)N1CCOCC1. The number of aliphatic imine (C=N–C) groups is 1. The molecule has 2 rings (SSSR count). The van der Waals surface area contributed by atoms with Crippen molar-refractivity contribution in [1.29, 1.82) is 0 Å². The number of rotatable bonds is 4. The highest BCUT2D eigenvalue weighted by molar-refractivity contribution is 5.94. The number of ether oxygens (including phenoxy) is 1. The minimum absolute atomic E-state index is 0.0919. The van der Waals surface area contributed by atoms with Gasteiger partial charge in [0.25, 0.3) is 5.91 Å². The largest absolute Gasteiger partial charge is 0.378 e. The Morgan fingerprint density at radius 3 is 2.70 bits per heavy atom. The molecule has 6 heteroatoms. The lowest BCUT2D eigenvalue weighted by molar-refractivity contribution is 0.0674. The van der Waals surface area contributed by atoms with Crippen LogP contribution in [-0.4, -0.2) is 56.2 Å². The van der Waals surface area contributed by atoms with Crippen molar-refractivity contribution in [3.05, 3.63) is 35.9 Å². The van der Waals surface area contributed by atoms with Gasteiger partial charge in [0, 0.05) is 25.2 Å². The van der Waals surface area contributed by atoms with Gasteiger partial charge in [-0.05, 0) is 12.1 Å². The van der Waals surface area contributed by atoms with Gasteiger partial charge >= 0.3 is 0 Å². The van der Waals surface area contributed by atoms with Gasteiger partial charge in [-0.3, -0.25) is 9.79 Å². The molecular weight excluding hydrogens is 256 g/mol. The molecular formula is C14H20N4O2. The summed E-state index contributed by atoms with van der Waals surface area (Å²) < 4.78 is 5.25. The maximum Gasteiger partial charge on any atom is 0.251 e. The Balaban J connectivity index is 1.71. The van der Waals surface area contributed by atoms with E-state index in [1.54, 1.807) is 12.1 Å². The first-order valence-corrected chi connectivity index (χ1v) is 6.73. The number of nitrogens with zero attached hydrogens (tertiary/aromatic N) is 2. The van der Waals surface area contributed by atoms with Gasteiger partial charge < -0.3 is 20.7 Å². The molecule has 0 radical (unpaired) electrons. The summed E-state index contributed by atoms with van der Waals surface area (Å²) in [6, 6.07) is 9.11. The fraction of sp³-hybridized carbons (Fsp3) is 0.429. The van der Waals surface area contributed by atoms with Gasteiger partial charge in [-0.1, -0.05) is 18.2 Å². The Bertz CT molecular complexity index is 456. The van der Waals surface area contributed by atoms with E-state index in [9.17, 15) is 4.79 Å². The van der Waals surface area contributed by atoms with Crippen molar-refractivity contribution >= 4 is 11.9 Å². The first-order chi connectivity index (χ1) is 9.77. The van der Waals surface area contributed by atoms with Gasteiger partial charge in [-0.2, -0.15) is 0 Å². The summed E-state index contributed by atoms with van der Waals surface area (Å²) in [6.07, 6.45) is 0. The molecule has 1 aliphatic rings. The second kappa shape index (κ2) is 7.49. The molecule has 1 fully saturated rings. The molecule has 1 aromatic carbocycles. The van der Waals surface area contributed by atoms with E-state index >= 15 is 0 Å². The third-order valence-corrected chi connectivity index (χ3v) is 3.04. The van der Waals surface area contributed by atoms with E-state index in [0.29, 0.717) is 37.8 Å². The first kappa shape index (κ1) is 14.3. The predicted molar refractivity (Wildman–Crippen MR) is 77.7 cm³/mol. The van der Waals surface area contributed by atoms with Gasteiger partial charge in [-0.15, -0.1) is 0 Å². The molecule has 108 valence electrons. The topological polar surface area (TPSA) is 79.9 Å². The second-order valence-corrected chi connectivity index (χ2v) is 4.46. The zero-order valence-electron chi connectivity index (χ0n) is 11.4. The van der Waals surface area contributed by atoms with Crippen LogP contribution in [0.25, 0.3) is 0 Å². The Labute approximate surface area is 118 Å². The number of carbonyl (C=O) groups excluding carboxylic acids is 1. The van der Waals surface area contributed by atoms with Crippen LogP contribution >= 0.6 is 0 Å². The van der Waals surface area contributed by atoms with Crippen LogP contribution in [0, 0.1) is 0 Å². The van der Waals surface area contributed by atoms with Crippen LogP contribution in [0.3, 0.4) is 0 Å². The minimum Gasteiger partial charge on any atom is -0.378 e. The maximum absolute atomic E-state index is 11.8. The van der Waals surface area contributed by atoms with E-state index in [-0.39, 0.29) is 5.91 Å². The van der Waals surface area contributed by atoms with Crippen LogP contribution in [0.4, 0.5) is 0 Å². The average Bonchev–Trinajstić information content (AvgIpc) is 2.53. The molecule has 0 aliphatic carbocycles. The van der Waals surface area contributed by atoms with Crippen molar-refractivity contribution in [3.8, 4) is 0 Å². The molecule has 3 N–H and O–H groups in total. The molecule has 1 aliphatic heterocycles. The van der Waals surface area contributed by atoms with E-state index in [1.165, 1.54) is 0 Å². The molecule has 1 saturated heterocycles. The highest BCUT2D eigenvalue weighted by Gasteiger charge is 2.11. The summed E-state index contributed by atoms with van der Waals surface area (Å²) in [5.41, 5.74) is 6.53. The van der Waals surface area contributed by atoms with Gasteiger partial charge in [0.2, 0.25) is 0 Å². The van der Waals surface area contributed by atoms with Crippen molar-refractivity contribution in [2.24, 2.45) is 10.7 Å². The lowest BCUT2D eigenvalue weighted by atomic mass is 10.2. The number of nitrogens with one attached hydrogen (secondary N) is 1. The fourth-order valence-corrected chi connectivity index (χ4v) is 1.92. The smallest absolute Gasteiger partial charge is 0.251 e. The molecule has 6 nitrogen and oxygen atoms in total. The Morgan fingerprint density at radius 1 is 1.30 bits per heavy atom.